The Morgan fingerprint density at radius 3 is 2.64 bits per heavy atom. The number of anilines is 1. The zero-order valence-corrected chi connectivity index (χ0v) is 16.6. The molecule has 1 aromatic heterocycles. The molecule has 0 N–H and O–H groups in total. The van der Waals surface area contributed by atoms with Crippen molar-refractivity contribution >= 4 is 39.4 Å². The first-order valence-corrected chi connectivity index (χ1v) is 9.01. The van der Waals surface area contributed by atoms with Crippen LogP contribution in [0.15, 0.2) is 28.9 Å². The Bertz CT molecular complexity index is 770. The van der Waals surface area contributed by atoms with Crippen LogP contribution in [0.4, 0.5) is 10.3 Å². The smallest absolute Gasteiger partial charge is 0.274 e. The highest BCUT2D eigenvalue weighted by atomic mass is 79.9. The number of carbonyl (C=O) groups excluding carboxylic acids is 1. The summed E-state index contributed by atoms with van der Waals surface area (Å²) < 4.78 is 14.7. The molecule has 0 aliphatic rings. The van der Waals surface area contributed by atoms with Gasteiger partial charge in [-0.15, -0.1) is 0 Å². The van der Waals surface area contributed by atoms with Gasteiger partial charge in [0.1, 0.15) is 5.82 Å². The number of amides is 1. The van der Waals surface area contributed by atoms with Gasteiger partial charge in [-0.05, 0) is 32.0 Å². The quantitative estimate of drug-likeness (QED) is 0.692. The van der Waals surface area contributed by atoms with Crippen LogP contribution >= 0.6 is 27.5 Å². The van der Waals surface area contributed by atoms with E-state index in [1.807, 2.05) is 18.7 Å². The van der Waals surface area contributed by atoms with Crippen molar-refractivity contribution in [2.24, 2.45) is 0 Å². The third kappa shape index (κ3) is 4.67. The van der Waals surface area contributed by atoms with Crippen LogP contribution in [0.25, 0.3) is 0 Å². The monoisotopic (exact) mass is 428 g/mol. The molecule has 0 unspecified atom stereocenters. The lowest BCUT2D eigenvalue weighted by Gasteiger charge is -2.21. The topological polar surface area (TPSA) is 49.3 Å². The van der Waals surface area contributed by atoms with E-state index < -0.39 is 0 Å². The highest BCUT2D eigenvalue weighted by molar-refractivity contribution is 9.10. The molecule has 2 rings (SSSR count). The Labute approximate surface area is 159 Å². The number of nitrogens with zero attached hydrogens (tertiary/aromatic N) is 4. The van der Waals surface area contributed by atoms with Gasteiger partial charge in [0, 0.05) is 36.7 Å². The number of hydrogen-bond donors (Lipinski definition) is 0. The maximum Gasteiger partial charge on any atom is 0.274 e. The fourth-order valence-electron chi connectivity index (χ4n) is 2.34. The molecule has 1 aromatic carbocycles. The lowest BCUT2D eigenvalue weighted by molar-refractivity contribution is 0.0778. The molecule has 134 valence electrons. The SMILES string of the molecule is CCN(CC)c1ncc(Cl)c(C(=O)N(C)Cc2cc(Br)ccc2F)n1. The van der Waals surface area contributed by atoms with Gasteiger partial charge in [0.05, 0.1) is 11.2 Å². The third-order valence-electron chi connectivity index (χ3n) is 3.74. The number of rotatable bonds is 6. The van der Waals surface area contributed by atoms with Crippen LogP contribution in [0.3, 0.4) is 0 Å². The Balaban J connectivity index is 2.27. The first-order chi connectivity index (χ1) is 11.9. The summed E-state index contributed by atoms with van der Waals surface area (Å²) in [7, 11) is 1.58. The molecule has 2 aromatic rings. The number of benzene rings is 1. The third-order valence-corrected chi connectivity index (χ3v) is 4.51. The van der Waals surface area contributed by atoms with Gasteiger partial charge in [0.2, 0.25) is 5.95 Å². The molecule has 1 amide bonds. The molecule has 8 heteroatoms. The zero-order chi connectivity index (χ0) is 18.6. The molecular weight excluding hydrogens is 411 g/mol. The second kappa shape index (κ2) is 8.58. The molecule has 0 atom stereocenters. The van der Waals surface area contributed by atoms with E-state index in [0.717, 1.165) is 4.47 Å². The Morgan fingerprint density at radius 2 is 2.00 bits per heavy atom. The van der Waals surface area contributed by atoms with Crippen LogP contribution in [0.5, 0.6) is 0 Å². The van der Waals surface area contributed by atoms with E-state index in [2.05, 4.69) is 25.9 Å². The maximum absolute atomic E-state index is 13.9. The van der Waals surface area contributed by atoms with Crippen LogP contribution in [-0.2, 0) is 6.54 Å². The minimum atomic E-state index is -0.389. The molecular formula is C17H19BrClFN4O. The summed E-state index contributed by atoms with van der Waals surface area (Å²) in [4.78, 5) is 24.5. The fourth-order valence-corrected chi connectivity index (χ4v) is 2.92. The summed E-state index contributed by atoms with van der Waals surface area (Å²) in [6, 6.07) is 4.61. The highest BCUT2D eigenvalue weighted by Gasteiger charge is 2.20. The van der Waals surface area contributed by atoms with Gasteiger partial charge < -0.3 is 9.80 Å². The molecule has 0 aliphatic heterocycles. The number of halogens is 3. The summed E-state index contributed by atoms with van der Waals surface area (Å²) in [5.74, 6) is -0.319. The van der Waals surface area contributed by atoms with Crippen molar-refractivity contribution in [1.29, 1.82) is 0 Å². The molecule has 0 bridgehead atoms. The zero-order valence-electron chi connectivity index (χ0n) is 14.3. The van der Waals surface area contributed by atoms with Gasteiger partial charge in [-0.1, -0.05) is 27.5 Å². The highest BCUT2D eigenvalue weighted by Crippen LogP contribution is 2.21. The summed E-state index contributed by atoms with van der Waals surface area (Å²) in [6.07, 6.45) is 1.42. The average molecular weight is 430 g/mol. The van der Waals surface area contributed by atoms with Gasteiger partial charge in [0.15, 0.2) is 5.69 Å². The Morgan fingerprint density at radius 1 is 1.32 bits per heavy atom. The summed E-state index contributed by atoms with van der Waals surface area (Å²) in [5.41, 5.74) is 0.510. The summed E-state index contributed by atoms with van der Waals surface area (Å²) in [6.45, 7) is 5.48. The van der Waals surface area contributed by atoms with Crippen LogP contribution < -0.4 is 4.90 Å². The molecule has 5 nitrogen and oxygen atoms in total. The van der Waals surface area contributed by atoms with Crippen molar-refractivity contribution in [1.82, 2.24) is 14.9 Å². The van der Waals surface area contributed by atoms with E-state index in [1.165, 1.54) is 17.2 Å². The molecule has 0 fully saturated rings. The van der Waals surface area contributed by atoms with Crippen molar-refractivity contribution in [3.63, 3.8) is 0 Å². The fraction of sp³-hybridized carbons (Fsp3) is 0.353. The number of aromatic nitrogens is 2. The molecule has 0 radical (unpaired) electrons. The first-order valence-electron chi connectivity index (χ1n) is 7.84. The van der Waals surface area contributed by atoms with Gasteiger partial charge in [0.25, 0.3) is 5.91 Å². The van der Waals surface area contributed by atoms with Crippen molar-refractivity contribution < 1.29 is 9.18 Å². The predicted octanol–water partition coefficient (Wildman–Crippen LogP) is 4.15. The van der Waals surface area contributed by atoms with Crippen LogP contribution in [0.1, 0.15) is 29.9 Å². The molecule has 0 spiro atoms. The van der Waals surface area contributed by atoms with Crippen LogP contribution in [0.2, 0.25) is 5.02 Å². The lowest BCUT2D eigenvalue weighted by atomic mass is 10.2. The van der Waals surface area contributed by atoms with E-state index in [0.29, 0.717) is 24.6 Å². The normalized spacial score (nSPS) is 10.6. The maximum atomic E-state index is 13.9. The van der Waals surface area contributed by atoms with E-state index in [4.69, 9.17) is 11.6 Å². The van der Waals surface area contributed by atoms with E-state index >= 15 is 0 Å². The van der Waals surface area contributed by atoms with E-state index in [1.54, 1.807) is 19.2 Å². The molecule has 0 aliphatic carbocycles. The second-order valence-electron chi connectivity index (χ2n) is 5.44. The van der Waals surface area contributed by atoms with Gasteiger partial charge >= 0.3 is 0 Å². The van der Waals surface area contributed by atoms with Crippen LogP contribution in [0, 0.1) is 5.82 Å². The largest absolute Gasteiger partial charge is 0.341 e. The summed E-state index contributed by atoms with van der Waals surface area (Å²) in [5, 5.41) is 0.169. The lowest BCUT2D eigenvalue weighted by Crippen LogP contribution is -2.30. The van der Waals surface area contributed by atoms with Gasteiger partial charge in [-0.25, -0.2) is 14.4 Å². The van der Waals surface area contributed by atoms with E-state index in [9.17, 15) is 9.18 Å². The van der Waals surface area contributed by atoms with E-state index in [-0.39, 0.29) is 29.0 Å². The van der Waals surface area contributed by atoms with Crippen molar-refractivity contribution in [2.45, 2.75) is 20.4 Å². The minimum absolute atomic E-state index is 0.102. The molecule has 0 saturated heterocycles. The summed E-state index contributed by atoms with van der Waals surface area (Å²) >= 11 is 9.42. The number of hydrogen-bond acceptors (Lipinski definition) is 4. The predicted molar refractivity (Wildman–Crippen MR) is 101 cm³/mol. The molecule has 25 heavy (non-hydrogen) atoms. The van der Waals surface area contributed by atoms with Gasteiger partial charge in [-0.2, -0.15) is 0 Å². The number of carbonyl (C=O) groups is 1. The second-order valence-corrected chi connectivity index (χ2v) is 6.76. The molecule has 0 saturated carbocycles. The Hall–Kier alpha value is -1.73. The van der Waals surface area contributed by atoms with Crippen LogP contribution in [-0.4, -0.2) is 40.9 Å². The molecule has 1 heterocycles. The van der Waals surface area contributed by atoms with Crippen molar-refractivity contribution in [3.8, 4) is 0 Å². The Kier molecular flexibility index (Phi) is 6.72. The van der Waals surface area contributed by atoms with Gasteiger partial charge in [-0.3, -0.25) is 4.79 Å². The minimum Gasteiger partial charge on any atom is -0.341 e. The van der Waals surface area contributed by atoms with Crippen molar-refractivity contribution in [2.75, 3.05) is 25.0 Å². The van der Waals surface area contributed by atoms with Crippen molar-refractivity contribution in [3.05, 3.63) is 51.0 Å². The average Bonchev–Trinajstić information content (AvgIpc) is 2.59. The standard InChI is InChI=1S/C17H19BrClFN4O/c1-4-24(5-2)17-21-9-13(19)15(22-17)16(25)23(3)10-11-8-12(18)6-7-14(11)20/h6-9H,4-5,10H2,1-3H3. The first kappa shape index (κ1) is 19.6.